The minimum absolute atomic E-state index is 0.104. The van der Waals surface area contributed by atoms with E-state index in [1.807, 2.05) is 6.07 Å². The highest BCUT2D eigenvalue weighted by Crippen LogP contribution is 2.15. The summed E-state index contributed by atoms with van der Waals surface area (Å²) in [7, 11) is 0. The van der Waals surface area contributed by atoms with Crippen LogP contribution in [0.25, 0.3) is 0 Å². The van der Waals surface area contributed by atoms with E-state index in [1.165, 1.54) is 11.6 Å². The molecule has 2 aromatic rings. The van der Waals surface area contributed by atoms with Crippen LogP contribution in [0.5, 0.6) is 0 Å². The Morgan fingerprint density at radius 2 is 1.65 bits per heavy atom. The van der Waals surface area contributed by atoms with Crippen LogP contribution in [-0.2, 0) is 17.8 Å². The first-order valence-electron chi connectivity index (χ1n) is 8.98. The van der Waals surface area contributed by atoms with E-state index >= 15 is 0 Å². The lowest BCUT2D eigenvalue weighted by atomic mass is 10.0. The van der Waals surface area contributed by atoms with Crippen LogP contribution in [0.1, 0.15) is 34.3 Å². The summed E-state index contributed by atoms with van der Waals surface area (Å²) >= 11 is 0. The van der Waals surface area contributed by atoms with Gasteiger partial charge in [-0.25, -0.2) is 4.79 Å². The van der Waals surface area contributed by atoms with Crippen LogP contribution in [-0.4, -0.2) is 41.0 Å². The van der Waals surface area contributed by atoms with Gasteiger partial charge in [0.25, 0.3) is 0 Å². The number of carboxylic acids is 1. The van der Waals surface area contributed by atoms with Gasteiger partial charge in [-0.3, -0.25) is 9.69 Å². The van der Waals surface area contributed by atoms with Gasteiger partial charge in [0.15, 0.2) is 0 Å². The number of carbonyl (C=O) groups is 2. The van der Waals surface area contributed by atoms with E-state index in [0.29, 0.717) is 5.56 Å². The maximum absolute atomic E-state index is 12.3. The predicted octanol–water partition coefficient (Wildman–Crippen LogP) is 2.71. The number of amides is 1. The molecule has 1 fully saturated rings. The molecule has 26 heavy (non-hydrogen) atoms. The Balaban J connectivity index is 1.47. The maximum Gasteiger partial charge on any atom is 0.335 e. The summed E-state index contributed by atoms with van der Waals surface area (Å²) in [5.41, 5.74) is 2.06. The summed E-state index contributed by atoms with van der Waals surface area (Å²) in [5, 5.41) is 12.3. The quantitative estimate of drug-likeness (QED) is 0.839. The van der Waals surface area contributed by atoms with E-state index in [-0.39, 0.29) is 23.9 Å². The van der Waals surface area contributed by atoms with E-state index < -0.39 is 5.97 Å². The highest BCUT2D eigenvalue weighted by Gasteiger charge is 2.21. The fourth-order valence-corrected chi connectivity index (χ4v) is 3.41. The minimum Gasteiger partial charge on any atom is -0.478 e. The van der Waals surface area contributed by atoms with E-state index in [4.69, 9.17) is 0 Å². The summed E-state index contributed by atoms with van der Waals surface area (Å²) in [4.78, 5) is 26.0. The third-order valence-corrected chi connectivity index (χ3v) is 4.80. The molecule has 5 nitrogen and oxygen atoms in total. The number of aromatic carboxylic acids is 1. The molecule has 1 heterocycles. The van der Waals surface area contributed by atoms with Crippen molar-refractivity contribution in [3.63, 3.8) is 0 Å². The van der Waals surface area contributed by atoms with Crippen LogP contribution in [0, 0.1) is 0 Å². The minimum atomic E-state index is -0.998. The number of hydrogen-bond acceptors (Lipinski definition) is 3. The zero-order valence-corrected chi connectivity index (χ0v) is 14.7. The molecule has 1 aliphatic heterocycles. The lowest BCUT2D eigenvalue weighted by Gasteiger charge is -2.32. The van der Waals surface area contributed by atoms with Gasteiger partial charge >= 0.3 is 5.97 Å². The van der Waals surface area contributed by atoms with Gasteiger partial charge in [-0.2, -0.15) is 0 Å². The highest BCUT2D eigenvalue weighted by molar-refractivity contribution is 5.91. The van der Waals surface area contributed by atoms with Crippen molar-refractivity contribution in [3.05, 3.63) is 71.3 Å². The lowest BCUT2D eigenvalue weighted by molar-refractivity contribution is -0.121. The molecule has 136 valence electrons. The first-order valence-corrected chi connectivity index (χ1v) is 8.98. The van der Waals surface area contributed by atoms with E-state index in [0.717, 1.165) is 32.5 Å². The third kappa shape index (κ3) is 4.92. The topological polar surface area (TPSA) is 69.6 Å². The molecule has 0 spiro atoms. The second-order valence-corrected chi connectivity index (χ2v) is 6.74. The van der Waals surface area contributed by atoms with Crippen molar-refractivity contribution in [3.8, 4) is 0 Å². The largest absolute Gasteiger partial charge is 0.478 e. The maximum atomic E-state index is 12.3. The number of likely N-dealkylation sites (tertiary alicyclic amines) is 1. The van der Waals surface area contributed by atoms with E-state index in [1.54, 1.807) is 18.2 Å². The predicted molar refractivity (Wildman–Crippen MR) is 100.0 cm³/mol. The Labute approximate surface area is 153 Å². The third-order valence-electron chi connectivity index (χ3n) is 4.80. The van der Waals surface area contributed by atoms with Gasteiger partial charge in [0.05, 0.1) is 12.0 Å². The smallest absolute Gasteiger partial charge is 0.335 e. The molecule has 0 radical (unpaired) electrons. The number of rotatable bonds is 6. The van der Waals surface area contributed by atoms with Crippen molar-refractivity contribution in [1.82, 2.24) is 10.2 Å². The van der Waals surface area contributed by atoms with E-state index in [2.05, 4.69) is 34.5 Å². The number of nitrogens with zero attached hydrogens (tertiary/aromatic N) is 1. The molecule has 0 bridgehead atoms. The molecule has 0 aliphatic carbocycles. The molecule has 3 rings (SSSR count). The van der Waals surface area contributed by atoms with Gasteiger partial charge in [0, 0.05) is 25.7 Å². The molecule has 0 saturated carbocycles. The fourth-order valence-electron chi connectivity index (χ4n) is 3.41. The molecule has 1 amide bonds. The van der Waals surface area contributed by atoms with Crippen molar-refractivity contribution in [1.29, 1.82) is 0 Å². The summed E-state index contributed by atoms with van der Waals surface area (Å²) in [6, 6.07) is 17.2. The number of nitrogens with one attached hydrogen (secondary N) is 1. The summed E-state index contributed by atoms with van der Waals surface area (Å²) in [6.45, 7) is 2.84. The Morgan fingerprint density at radius 1 is 1.00 bits per heavy atom. The van der Waals surface area contributed by atoms with E-state index in [9.17, 15) is 14.7 Å². The van der Waals surface area contributed by atoms with Crippen molar-refractivity contribution >= 4 is 11.9 Å². The molecule has 1 saturated heterocycles. The van der Waals surface area contributed by atoms with Crippen LogP contribution in [0.4, 0.5) is 0 Å². The van der Waals surface area contributed by atoms with Crippen LogP contribution in [0.3, 0.4) is 0 Å². The molecule has 2 aromatic carbocycles. The van der Waals surface area contributed by atoms with Crippen LogP contribution in [0.15, 0.2) is 54.6 Å². The number of carboxylic acid groups (broad SMARTS) is 1. The van der Waals surface area contributed by atoms with Gasteiger partial charge < -0.3 is 10.4 Å². The monoisotopic (exact) mass is 352 g/mol. The summed E-state index contributed by atoms with van der Waals surface area (Å²) in [6.07, 6.45) is 1.94. The standard InChI is InChI=1S/C21H24N2O3/c24-20(14-17-8-4-5-9-19(17)21(25)26)22-18-10-12-23(13-11-18)15-16-6-2-1-3-7-16/h1-9,18H,10-15H2,(H,22,24)(H,25,26). The Morgan fingerprint density at radius 3 is 2.35 bits per heavy atom. The highest BCUT2D eigenvalue weighted by atomic mass is 16.4. The SMILES string of the molecule is O=C(Cc1ccccc1C(=O)O)NC1CCN(Cc2ccccc2)CC1. The Hall–Kier alpha value is -2.66. The molecule has 0 atom stereocenters. The lowest BCUT2D eigenvalue weighted by Crippen LogP contribution is -2.44. The molecule has 0 unspecified atom stereocenters. The van der Waals surface area contributed by atoms with Gasteiger partial charge in [0.2, 0.25) is 5.91 Å². The summed E-state index contributed by atoms with van der Waals surface area (Å²) in [5.74, 6) is -1.11. The average Bonchev–Trinajstić information content (AvgIpc) is 2.64. The van der Waals surface area contributed by atoms with Gasteiger partial charge in [-0.05, 0) is 30.0 Å². The first-order chi connectivity index (χ1) is 12.6. The van der Waals surface area contributed by atoms with Crippen LogP contribution >= 0.6 is 0 Å². The molecule has 2 N–H and O–H groups in total. The van der Waals surface area contributed by atoms with Crippen LogP contribution < -0.4 is 5.32 Å². The Kier molecular flexibility index (Phi) is 6.02. The number of piperidine rings is 1. The van der Waals surface area contributed by atoms with Crippen molar-refractivity contribution < 1.29 is 14.7 Å². The fraction of sp³-hybridized carbons (Fsp3) is 0.333. The van der Waals surface area contributed by atoms with Crippen molar-refractivity contribution in [2.45, 2.75) is 31.8 Å². The second kappa shape index (κ2) is 8.63. The van der Waals surface area contributed by atoms with Crippen molar-refractivity contribution in [2.75, 3.05) is 13.1 Å². The molecule has 1 aliphatic rings. The van der Waals surface area contributed by atoms with Crippen LogP contribution in [0.2, 0.25) is 0 Å². The Bertz CT molecular complexity index is 753. The zero-order valence-electron chi connectivity index (χ0n) is 14.7. The zero-order chi connectivity index (χ0) is 18.4. The number of carbonyl (C=O) groups excluding carboxylic acids is 1. The van der Waals surface area contributed by atoms with Gasteiger partial charge in [-0.1, -0.05) is 48.5 Å². The molecule has 0 aromatic heterocycles. The number of benzene rings is 2. The average molecular weight is 352 g/mol. The van der Waals surface area contributed by atoms with Gasteiger partial charge in [0.1, 0.15) is 0 Å². The molecule has 5 heteroatoms. The second-order valence-electron chi connectivity index (χ2n) is 6.74. The van der Waals surface area contributed by atoms with Gasteiger partial charge in [-0.15, -0.1) is 0 Å². The molecular formula is C21H24N2O3. The first kappa shape index (κ1) is 18.1. The normalized spacial score (nSPS) is 15.5. The number of hydrogen-bond donors (Lipinski definition) is 2. The molecular weight excluding hydrogens is 328 g/mol. The van der Waals surface area contributed by atoms with Crippen molar-refractivity contribution in [2.24, 2.45) is 0 Å². The summed E-state index contributed by atoms with van der Waals surface area (Å²) < 4.78 is 0.